The number of hydrogen-bond donors (Lipinski definition) is 1. The number of carbonyl (C=O) groups is 1. The van der Waals surface area contributed by atoms with Gasteiger partial charge in [0.1, 0.15) is 17.4 Å². The standard InChI is InChI=1S/C26H17FN6O2S/c27-20-11-5-7-13-22(20)32-25(35)19-10-4-6-12-21(19)30-26(32)36-16-23(34)31-24-17(14-28)15-29-33(24)18-8-2-1-3-9-18/h1-13,15H,16H2,(H,31,34). The molecule has 0 spiro atoms. The van der Waals surface area contributed by atoms with Crippen LogP contribution in [0.1, 0.15) is 5.56 Å². The van der Waals surface area contributed by atoms with Crippen molar-refractivity contribution in [3.63, 3.8) is 0 Å². The van der Waals surface area contributed by atoms with Crippen molar-refractivity contribution in [3.8, 4) is 17.4 Å². The summed E-state index contributed by atoms with van der Waals surface area (Å²) in [6, 6.07) is 23.7. The maximum Gasteiger partial charge on any atom is 0.266 e. The monoisotopic (exact) mass is 496 g/mol. The molecular weight excluding hydrogens is 479 g/mol. The van der Waals surface area contributed by atoms with Gasteiger partial charge in [-0.25, -0.2) is 14.1 Å². The highest BCUT2D eigenvalue weighted by Crippen LogP contribution is 2.24. The minimum absolute atomic E-state index is 0.0394. The summed E-state index contributed by atoms with van der Waals surface area (Å²) < 4.78 is 17.3. The molecule has 2 heterocycles. The molecule has 0 aliphatic carbocycles. The van der Waals surface area contributed by atoms with E-state index < -0.39 is 17.3 Å². The lowest BCUT2D eigenvalue weighted by molar-refractivity contribution is -0.113. The molecule has 10 heteroatoms. The summed E-state index contributed by atoms with van der Waals surface area (Å²) in [5.41, 5.74) is 0.905. The van der Waals surface area contributed by atoms with Gasteiger partial charge in [0.05, 0.1) is 34.2 Å². The van der Waals surface area contributed by atoms with Gasteiger partial charge in [-0.15, -0.1) is 0 Å². The summed E-state index contributed by atoms with van der Waals surface area (Å²) in [6.07, 6.45) is 1.37. The number of halogens is 1. The van der Waals surface area contributed by atoms with Crippen molar-refractivity contribution in [1.82, 2.24) is 19.3 Å². The highest BCUT2D eigenvalue weighted by molar-refractivity contribution is 7.99. The van der Waals surface area contributed by atoms with Gasteiger partial charge in [0.25, 0.3) is 5.56 Å². The fraction of sp³-hybridized carbons (Fsp3) is 0.0385. The van der Waals surface area contributed by atoms with Crippen LogP contribution in [0.5, 0.6) is 0 Å². The third-order valence-corrected chi connectivity index (χ3v) is 6.26. The first-order chi connectivity index (χ1) is 17.6. The molecule has 0 bridgehead atoms. The molecule has 0 saturated carbocycles. The molecule has 36 heavy (non-hydrogen) atoms. The number of nitriles is 1. The number of anilines is 1. The molecule has 3 aromatic carbocycles. The molecule has 0 aliphatic heterocycles. The van der Waals surface area contributed by atoms with Gasteiger partial charge in [-0.05, 0) is 36.4 Å². The molecular formula is C26H17FN6O2S. The Hall–Kier alpha value is -4.75. The summed E-state index contributed by atoms with van der Waals surface area (Å²) in [6.45, 7) is 0. The third kappa shape index (κ3) is 4.35. The lowest BCUT2D eigenvalue weighted by atomic mass is 10.2. The van der Waals surface area contributed by atoms with Crippen molar-refractivity contribution in [2.45, 2.75) is 5.16 Å². The average molecular weight is 497 g/mol. The Morgan fingerprint density at radius 1 is 1.03 bits per heavy atom. The quantitative estimate of drug-likeness (QED) is 0.277. The minimum atomic E-state index is -0.589. The van der Waals surface area contributed by atoms with E-state index in [4.69, 9.17) is 0 Å². The normalized spacial score (nSPS) is 10.8. The molecule has 1 N–H and O–H groups in total. The van der Waals surface area contributed by atoms with Crippen LogP contribution in [0.15, 0.2) is 95.0 Å². The number of thioether (sulfide) groups is 1. The van der Waals surface area contributed by atoms with Crippen molar-refractivity contribution in [1.29, 1.82) is 5.26 Å². The molecule has 0 fully saturated rings. The molecule has 5 aromatic rings. The molecule has 2 aromatic heterocycles. The Balaban J connectivity index is 1.47. The largest absolute Gasteiger partial charge is 0.309 e. The number of hydrogen-bond acceptors (Lipinski definition) is 6. The summed E-state index contributed by atoms with van der Waals surface area (Å²) in [5, 5.41) is 16.9. The van der Waals surface area contributed by atoms with Crippen LogP contribution in [0, 0.1) is 17.1 Å². The fourth-order valence-corrected chi connectivity index (χ4v) is 4.47. The Bertz CT molecular complexity index is 1690. The second-order valence-electron chi connectivity index (χ2n) is 7.61. The van der Waals surface area contributed by atoms with E-state index in [0.717, 1.165) is 11.8 Å². The van der Waals surface area contributed by atoms with E-state index in [9.17, 15) is 19.2 Å². The average Bonchev–Trinajstić information content (AvgIpc) is 3.31. The predicted molar refractivity (Wildman–Crippen MR) is 135 cm³/mol. The number of rotatable bonds is 6. The summed E-state index contributed by atoms with van der Waals surface area (Å²) >= 11 is 0.985. The van der Waals surface area contributed by atoms with E-state index in [1.165, 1.54) is 33.6 Å². The summed E-state index contributed by atoms with van der Waals surface area (Å²) in [5.74, 6) is -0.957. The topological polar surface area (TPSA) is 106 Å². The molecule has 8 nitrogen and oxygen atoms in total. The van der Waals surface area contributed by atoms with Crippen molar-refractivity contribution < 1.29 is 9.18 Å². The van der Waals surface area contributed by atoms with Crippen LogP contribution in [0.4, 0.5) is 10.2 Å². The Kier molecular flexibility index (Phi) is 6.30. The Morgan fingerprint density at radius 3 is 2.53 bits per heavy atom. The zero-order valence-electron chi connectivity index (χ0n) is 18.6. The second kappa shape index (κ2) is 9.85. The van der Waals surface area contributed by atoms with Crippen LogP contribution in [0.25, 0.3) is 22.3 Å². The Morgan fingerprint density at radius 2 is 1.75 bits per heavy atom. The van der Waals surface area contributed by atoms with Crippen LogP contribution >= 0.6 is 11.8 Å². The molecule has 0 radical (unpaired) electrons. The number of amides is 1. The van der Waals surface area contributed by atoms with Gasteiger partial charge in [-0.2, -0.15) is 10.4 Å². The summed E-state index contributed by atoms with van der Waals surface area (Å²) in [4.78, 5) is 30.7. The molecule has 0 aliphatic rings. The lowest BCUT2D eigenvalue weighted by Gasteiger charge is -2.14. The van der Waals surface area contributed by atoms with Gasteiger partial charge in [-0.1, -0.05) is 54.2 Å². The van der Waals surface area contributed by atoms with Crippen LogP contribution < -0.4 is 10.9 Å². The van der Waals surface area contributed by atoms with Crippen molar-refractivity contribution in [2.75, 3.05) is 11.1 Å². The first-order valence-electron chi connectivity index (χ1n) is 10.8. The van der Waals surface area contributed by atoms with Crippen molar-refractivity contribution >= 4 is 34.4 Å². The van der Waals surface area contributed by atoms with E-state index in [0.29, 0.717) is 16.6 Å². The SMILES string of the molecule is N#Cc1cnn(-c2ccccc2)c1NC(=O)CSc1nc2ccccc2c(=O)n1-c1ccccc1F. The van der Waals surface area contributed by atoms with Crippen LogP contribution in [0.3, 0.4) is 0 Å². The van der Waals surface area contributed by atoms with E-state index >= 15 is 0 Å². The number of fused-ring (bicyclic) bond motifs is 1. The molecule has 0 saturated heterocycles. The van der Waals surface area contributed by atoms with Crippen LogP contribution in [-0.2, 0) is 4.79 Å². The third-order valence-electron chi connectivity index (χ3n) is 5.32. The van der Waals surface area contributed by atoms with Crippen LogP contribution in [0.2, 0.25) is 0 Å². The second-order valence-corrected chi connectivity index (χ2v) is 8.55. The predicted octanol–water partition coefficient (Wildman–Crippen LogP) is 4.31. The highest BCUT2D eigenvalue weighted by atomic mass is 32.2. The van der Waals surface area contributed by atoms with Crippen LogP contribution in [-0.4, -0.2) is 31.0 Å². The number of carbonyl (C=O) groups excluding carboxylic acids is 1. The van der Waals surface area contributed by atoms with E-state index in [1.807, 2.05) is 24.3 Å². The number of nitrogens with zero attached hydrogens (tertiary/aromatic N) is 5. The maximum atomic E-state index is 14.7. The maximum absolute atomic E-state index is 14.7. The zero-order chi connectivity index (χ0) is 25.1. The van der Waals surface area contributed by atoms with E-state index in [1.54, 1.807) is 42.5 Å². The lowest BCUT2D eigenvalue weighted by Crippen LogP contribution is -2.24. The first-order valence-corrected chi connectivity index (χ1v) is 11.8. The Labute approximate surface area is 208 Å². The van der Waals surface area contributed by atoms with Gasteiger partial charge in [0, 0.05) is 0 Å². The summed E-state index contributed by atoms with van der Waals surface area (Å²) in [7, 11) is 0. The number of aromatic nitrogens is 4. The molecule has 1 amide bonds. The molecule has 176 valence electrons. The number of para-hydroxylation sites is 3. The minimum Gasteiger partial charge on any atom is -0.309 e. The van der Waals surface area contributed by atoms with Gasteiger partial charge in [-0.3, -0.25) is 14.2 Å². The number of benzene rings is 3. The van der Waals surface area contributed by atoms with E-state index in [-0.39, 0.29) is 28.0 Å². The van der Waals surface area contributed by atoms with Gasteiger partial charge in [0.2, 0.25) is 5.91 Å². The molecule has 5 rings (SSSR count). The van der Waals surface area contributed by atoms with E-state index in [2.05, 4.69) is 15.4 Å². The highest BCUT2D eigenvalue weighted by Gasteiger charge is 2.19. The smallest absolute Gasteiger partial charge is 0.266 e. The van der Waals surface area contributed by atoms with Crippen molar-refractivity contribution in [2.24, 2.45) is 0 Å². The van der Waals surface area contributed by atoms with Gasteiger partial charge >= 0.3 is 0 Å². The zero-order valence-corrected chi connectivity index (χ0v) is 19.4. The van der Waals surface area contributed by atoms with Gasteiger partial charge < -0.3 is 5.32 Å². The molecule has 0 unspecified atom stereocenters. The fourth-order valence-electron chi connectivity index (χ4n) is 3.67. The van der Waals surface area contributed by atoms with Crippen molar-refractivity contribution in [3.05, 3.63) is 107 Å². The first kappa shape index (κ1) is 23.0. The number of nitrogens with one attached hydrogen (secondary N) is 1. The van der Waals surface area contributed by atoms with Gasteiger partial charge in [0.15, 0.2) is 11.0 Å². The molecule has 0 atom stereocenters.